The van der Waals surface area contributed by atoms with E-state index < -0.39 is 29.6 Å². The molecule has 12 heteroatoms. The van der Waals surface area contributed by atoms with Crippen molar-refractivity contribution in [1.82, 2.24) is 10.6 Å². The molecule has 0 aliphatic carbocycles. The molecule has 2 aliphatic rings. The molecule has 0 aromatic heterocycles. The Hall–Kier alpha value is -5.13. The van der Waals surface area contributed by atoms with Crippen molar-refractivity contribution in [3.8, 4) is 5.75 Å². The van der Waals surface area contributed by atoms with Gasteiger partial charge in [-0.25, -0.2) is 4.79 Å². The number of aromatic hydroxyl groups is 1. The third-order valence-electron chi connectivity index (χ3n) is 6.03. The van der Waals surface area contributed by atoms with E-state index in [1.807, 2.05) is 19.9 Å². The van der Waals surface area contributed by atoms with Crippen LogP contribution in [0.1, 0.15) is 27.8 Å². The first kappa shape index (κ1) is 25.5. The number of benzene rings is 3. The summed E-state index contributed by atoms with van der Waals surface area (Å²) in [4.78, 5) is 37.7. The minimum atomic E-state index is -4.62. The number of hydrogen-bond acceptors (Lipinski definition) is 6. The Morgan fingerprint density at radius 2 is 1.67 bits per heavy atom. The van der Waals surface area contributed by atoms with Crippen LogP contribution in [0.15, 0.2) is 65.4 Å². The second-order valence-corrected chi connectivity index (χ2v) is 9.03. The molecule has 4 amide bonds. The number of carbonyl (C=O) groups is 3. The number of alkyl halides is 3. The van der Waals surface area contributed by atoms with Gasteiger partial charge in [-0.05, 0) is 79.1 Å². The van der Waals surface area contributed by atoms with Crippen molar-refractivity contribution in [2.75, 3.05) is 10.3 Å². The molecule has 39 heavy (non-hydrogen) atoms. The van der Waals surface area contributed by atoms with Crippen molar-refractivity contribution >= 4 is 46.7 Å². The number of fused-ring (bicyclic) bond motifs is 1. The van der Waals surface area contributed by atoms with Gasteiger partial charge in [0.1, 0.15) is 11.4 Å². The smallest absolute Gasteiger partial charge is 0.416 e. The monoisotopic (exact) mass is 535 g/mol. The molecule has 2 aliphatic heterocycles. The number of imide groups is 1. The number of phenolic OH excluding ortho intramolecular Hbond substituents is 1. The SMILES string of the molecule is Cc1cc(C)cc(N2C(=O)/C(=N\Nc3ccc(/C=C4\NC(=O)NC4=O)cc3O)c3ccc(C(F)(F)F)cc32)c1. The zero-order chi connectivity index (χ0) is 28.1. The van der Waals surface area contributed by atoms with Crippen molar-refractivity contribution in [3.05, 3.63) is 88.1 Å². The van der Waals surface area contributed by atoms with Crippen molar-refractivity contribution in [3.63, 3.8) is 0 Å². The van der Waals surface area contributed by atoms with E-state index in [2.05, 4.69) is 21.2 Å². The van der Waals surface area contributed by atoms with Gasteiger partial charge in [-0.1, -0.05) is 12.1 Å². The van der Waals surface area contributed by atoms with E-state index in [1.54, 1.807) is 12.1 Å². The van der Waals surface area contributed by atoms with Gasteiger partial charge >= 0.3 is 12.2 Å². The maximum atomic E-state index is 13.5. The number of halogens is 3. The van der Waals surface area contributed by atoms with Gasteiger partial charge in [-0.2, -0.15) is 18.3 Å². The highest BCUT2D eigenvalue weighted by Crippen LogP contribution is 2.41. The summed E-state index contributed by atoms with van der Waals surface area (Å²) in [5.74, 6) is -1.55. The predicted molar refractivity (Wildman–Crippen MR) is 137 cm³/mol. The molecule has 0 spiro atoms. The van der Waals surface area contributed by atoms with Gasteiger partial charge in [0, 0.05) is 11.3 Å². The summed E-state index contributed by atoms with van der Waals surface area (Å²) in [6.07, 6.45) is -3.26. The Morgan fingerprint density at radius 1 is 0.949 bits per heavy atom. The fourth-order valence-electron chi connectivity index (χ4n) is 4.37. The Bertz CT molecular complexity index is 1610. The van der Waals surface area contributed by atoms with Gasteiger partial charge in [0.05, 0.1) is 16.9 Å². The number of phenols is 1. The van der Waals surface area contributed by atoms with Crippen LogP contribution in [-0.4, -0.2) is 28.7 Å². The van der Waals surface area contributed by atoms with E-state index in [9.17, 15) is 32.7 Å². The number of amides is 4. The number of hydrogen-bond donors (Lipinski definition) is 4. The van der Waals surface area contributed by atoms with Crippen LogP contribution in [-0.2, 0) is 15.8 Å². The van der Waals surface area contributed by atoms with E-state index in [1.165, 1.54) is 35.2 Å². The summed E-state index contributed by atoms with van der Waals surface area (Å²) in [7, 11) is 0. The highest BCUT2D eigenvalue weighted by atomic mass is 19.4. The molecule has 3 aromatic carbocycles. The first-order valence-corrected chi connectivity index (χ1v) is 11.6. The van der Waals surface area contributed by atoms with Crippen molar-refractivity contribution in [1.29, 1.82) is 0 Å². The number of nitrogens with zero attached hydrogens (tertiary/aromatic N) is 2. The third kappa shape index (κ3) is 4.91. The van der Waals surface area contributed by atoms with E-state index in [0.29, 0.717) is 11.3 Å². The fourth-order valence-corrected chi connectivity index (χ4v) is 4.37. The van der Waals surface area contributed by atoms with Crippen molar-refractivity contribution in [2.45, 2.75) is 20.0 Å². The second kappa shape index (κ2) is 9.31. The summed E-state index contributed by atoms with van der Waals surface area (Å²) in [6, 6.07) is 11.8. The number of hydrazone groups is 1. The molecule has 2 heterocycles. The lowest BCUT2D eigenvalue weighted by molar-refractivity contribution is -0.137. The summed E-state index contributed by atoms with van der Waals surface area (Å²) in [5, 5.41) is 19.0. The van der Waals surface area contributed by atoms with Crippen molar-refractivity contribution in [2.24, 2.45) is 5.10 Å². The van der Waals surface area contributed by atoms with E-state index >= 15 is 0 Å². The van der Waals surface area contributed by atoms with Crippen LogP contribution in [0.4, 0.5) is 35.0 Å². The molecule has 198 valence electrons. The van der Waals surface area contributed by atoms with Gasteiger partial charge in [-0.3, -0.25) is 25.2 Å². The first-order chi connectivity index (χ1) is 18.4. The lowest BCUT2D eigenvalue weighted by atomic mass is 10.1. The second-order valence-electron chi connectivity index (χ2n) is 9.03. The van der Waals surface area contributed by atoms with E-state index in [0.717, 1.165) is 23.3 Å². The molecule has 5 rings (SSSR count). The third-order valence-corrected chi connectivity index (χ3v) is 6.03. The predicted octanol–water partition coefficient (Wildman–Crippen LogP) is 4.70. The van der Waals surface area contributed by atoms with Crippen LogP contribution in [0, 0.1) is 13.8 Å². The molecule has 0 saturated carbocycles. The minimum Gasteiger partial charge on any atom is -0.506 e. The Kier molecular flexibility index (Phi) is 6.09. The largest absolute Gasteiger partial charge is 0.506 e. The maximum absolute atomic E-state index is 13.5. The lowest BCUT2D eigenvalue weighted by Crippen LogP contribution is -2.26. The average molecular weight is 535 g/mol. The Morgan fingerprint density at radius 3 is 2.28 bits per heavy atom. The highest BCUT2D eigenvalue weighted by Gasteiger charge is 2.39. The standard InChI is InChI=1S/C27H20F3N5O4/c1-13-7-14(2)9-17(8-13)35-21-12-16(27(28,29)30)4-5-18(21)23(25(35)38)34-33-19-6-3-15(11-22(19)36)10-20-24(37)32-26(39)31-20/h3-12,33,36H,1-2H3,(H2,31,32,37,39)/b20-10-,34-23-. The number of carbonyl (C=O) groups excluding carboxylic acids is 3. The normalized spacial score (nSPS) is 17.1. The van der Waals surface area contributed by atoms with Gasteiger partial charge in [0.2, 0.25) is 0 Å². The lowest BCUT2D eigenvalue weighted by Gasteiger charge is -2.19. The molecule has 0 radical (unpaired) electrons. The maximum Gasteiger partial charge on any atom is 0.416 e. The summed E-state index contributed by atoms with van der Waals surface area (Å²) in [5.41, 5.74) is 4.28. The quantitative estimate of drug-likeness (QED) is 0.167. The van der Waals surface area contributed by atoms with Gasteiger partial charge in [0.25, 0.3) is 11.8 Å². The van der Waals surface area contributed by atoms with Gasteiger partial charge < -0.3 is 10.4 Å². The van der Waals surface area contributed by atoms with Crippen molar-refractivity contribution < 1.29 is 32.7 Å². The molecule has 4 N–H and O–H groups in total. The molecule has 3 aromatic rings. The summed E-state index contributed by atoms with van der Waals surface area (Å²) in [6.45, 7) is 3.63. The molecule has 1 fully saturated rings. The molecular formula is C27H20F3N5O4. The average Bonchev–Trinajstić information content (AvgIpc) is 3.30. The van der Waals surface area contributed by atoms with Crippen LogP contribution >= 0.6 is 0 Å². The van der Waals surface area contributed by atoms with E-state index in [4.69, 9.17) is 0 Å². The molecule has 1 saturated heterocycles. The zero-order valence-electron chi connectivity index (χ0n) is 20.5. The van der Waals surface area contributed by atoms with Crippen LogP contribution in [0.3, 0.4) is 0 Å². The first-order valence-electron chi connectivity index (χ1n) is 11.6. The van der Waals surface area contributed by atoms with Gasteiger partial charge in [0.15, 0.2) is 5.71 Å². The van der Waals surface area contributed by atoms with Gasteiger partial charge in [-0.15, -0.1) is 0 Å². The highest BCUT2D eigenvalue weighted by molar-refractivity contribution is 6.55. The number of anilines is 3. The zero-order valence-corrected chi connectivity index (χ0v) is 20.5. The summed E-state index contributed by atoms with van der Waals surface area (Å²) >= 11 is 0. The molecular weight excluding hydrogens is 515 g/mol. The number of aryl methyl sites for hydroxylation is 2. The molecule has 0 bridgehead atoms. The topological polar surface area (TPSA) is 123 Å². The van der Waals surface area contributed by atoms with Crippen LogP contribution < -0.4 is 21.0 Å². The minimum absolute atomic E-state index is 0.00165. The number of rotatable bonds is 4. The summed E-state index contributed by atoms with van der Waals surface area (Å²) < 4.78 is 40.5. The van der Waals surface area contributed by atoms with Crippen LogP contribution in [0.25, 0.3) is 6.08 Å². The molecule has 0 atom stereocenters. The molecule has 9 nitrogen and oxygen atoms in total. The Balaban J connectivity index is 1.50. The Labute approximate surface area is 219 Å². The number of nitrogens with one attached hydrogen (secondary N) is 3. The van der Waals surface area contributed by atoms with E-state index in [-0.39, 0.29) is 34.1 Å². The fraction of sp³-hybridized carbons (Fsp3) is 0.111. The van der Waals surface area contributed by atoms with Crippen LogP contribution in [0.5, 0.6) is 5.75 Å². The molecule has 0 unspecified atom stereocenters. The number of urea groups is 1. The van der Waals surface area contributed by atoms with Crippen LogP contribution in [0.2, 0.25) is 0 Å².